The van der Waals surface area contributed by atoms with Gasteiger partial charge < -0.3 is 13.9 Å². The smallest absolute Gasteiger partial charge is 0.146 e. The summed E-state index contributed by atoms with van der Waals surface area (Å²) in [6.45, 7) is 0.358. The molecule has 0 saturated carbocycles. The molecule has 0 saturated heterocycles. The third-order valence-electron chi connectivity index (χ3n) is 3.00. The first-order valence-corrected chi connectivity index (χ1v) is 6.58. The van der Waals surface area contributed by atoms with Gasteiger partial charge in [-0.05, 0) is 42.5 Å². The van der Waals surface area contributed by atoms with Gasteiger partial charge in [-0.1, -0.05) is 17.7 Å². The third-order valence-corrected chi connectivity index (χ3v) is 3.33. The van der Waals surface area contributed by atoms with Gasteiger partial charge in [0.15, 0.2) is 0 Å². The van der Waals surface area contributed by atoms with E-state index >= 15 is 0 Å². The van der Waals surface area contributed by atoms with Crippen LogP contribution in [-0.2, 0) is 6.61 Å². The van der Waals surface area contributed by atoms with Crippen molar-refractivity contribution in [2.24, 2.45) is 0 Å². The van der Waals surface area contributed by atoms with E-state index in [1.54, 1.807) is 7.11 Å². The molecule has 0 atom stereocenters. The number of fused-ring (bicyclic) bond motifs is 1. The van der Waals surface area contributed by atoms with E-state index < -0.39 is 0 Å². The zero-order valence-corrected chi connectivity index (χ0v) is 11.7. The number of benzene rings is 2. The van der Waals surface area contributed by atoms with Crippen molar-refractivity contribution in [1.82, 2.24) is 0 Å². The molecule has 0 aliphatic heterocycles. The minimum Gasteiger partial charge on any atom is -0.497 e. The van der Waals surface area contributed by atoms with Gasteiger partial charge in [0.05, 0.1) is 12.1 Å². The lowest BCUT2D eigenvalue weighted by Crippen LogP contribution is -1.93. The van der Waals surface area contributed by atoms with Crippen LogP contribution in [0, 0.1) is 0 Å². The maximum atomic E-state index is 6.11. The molecular formula is C16H13ClO3. The Morgan fingerprint density at radius 1 is 1.05 bits per heavy atom. The lowest BCUT2D eigenvalue weighted by molar-refractivity contribution is 0.274. The number of hydrogen-bond acceptors (Lipinski definition) is 3. The summed E-state index contributed by atoms with van der Waals surface area (Å²) in [7, 11) is 1.63. The summed E-state index contributed by atoms with van der Waals surface area (Å²) in [6.07, 6.45) is 0. The summed E-state index contributed by atoms with van der Waals surface area (Å²) >= 11 is 6.11. The molecule has 0 unspecified atom stereocenters. The van der Waals surface area contributed by atoms with E-state index in [-0.39, 0.29) is 0 Å². The van der Waals surface area contributed by atoms with Crippen molar-refractivity contribution < 1.29 is 13.9 Å². The molecule has 1 aromatic heterocycles. The molecule has 102 valence electrons. The Labute approximate surface area is 121 Å². The van der Waals surface area contributed by atoms with Gasteiger partial charge in [0.25, 0.3) is 0 Å². The zero-order valence-electron chi connectivity index (χ0n) is 10.9. The minimum atomic E-state index is 0.358. The maximum Gasteiger partial charge on any atom is 0.146 e. The van der Waals surface area contributed by atoms with Gasteiger partial charge in [-0.2, -0.15) is 0 Å². The molecule has 4 heteroatoms. The molecule has 1 heterocycles. The largest absolute Gasteiger partial charge is 0.497 e. The summed E-state index contributed by atoms with van der Waals surface area (Å²) in [6, 6.07) is 14.9. The van der Waals surface area contributed by atoms with Crippen LogP contribution in [0.2, 0.25) is 5.02 Å². The van der Waals surface area contributed by atoms with Crippen LogP contribution in [0.1, 0.15) is 5.76 Å². The van der Waals surface area contributed by atoms with E-state index in [1.807, 2.05) is 48.5 Å². The van der Waals surface area contributed by atoms with Gasteiger partial charge in [-0.25, -0.2) is 0 Å². The van der Waals surface area contributed by atoms with Crippen LogP contribution in [0.5, 0.6) is 11.5 Å². The highest BCUT2D eigenvalue weighted by Gasteiger charge is 2.07. The zero-order chi connectivity index (χ0) is 13.9. The second-order valence-electron chi connectivity index (χ2n) is 4.33. The van der Waals surface area contributed by atoms with Crippen LogP contribution < -0.4 is 9.47 Å². The van der Waals surface area contributed by atoms with Crippen molar-refractivity contribution >= 4 is 22.6 Å². The Morgan fingerprint density at radius 3 is 2.50 bits per heavy atom. The fraction of sp³-hybridized carbons (Fsp3) is 0.125. The van der Waals surface area contributed by atoms with Crippen LogP contribution in [0.4, 0.5) is 0 Å². The number of hydrogen-bond donors (Lipinski definition) is 0. The van der Waals surface area contributed by atoms with Crippen molar-refractivity contribution in [1.29, 1.82) is 0 Å². The summed E-state index contributed by atoms with van der Waals surface area (Å²) in [4.78, 5) is 0. The topological polar surface area (TPSA) is 31.6 Å². The number of methoxy groups -OCH3 is 1. The van der Waals surface area contributed by atoms with Gasteiger partial charge >= 0.3 is 0 Å². The summed E-state index contributed by atoms with van der Waals surface area (Å²) in [5.41, 5.74) is 0.769. The molecule has 20 heavy (non-hydrogen) atoms. The first-order chi connectivity index (χ1) is 9.76. The van der Waals surface area contributed by atoms with Crippen LogP contribution in [0.25, 0.3) is 11.0 Å². The van der Waals surface area contributed by atoms with Crippen LogP contribution in [0.15, 0.2) is 52.9 Å². The molecule has 0 aliphatic carbocycles. The van der Waals surface area contributed by atoms with Crippen LogP contribution in [-0.4, -0.2) is 7.11 Å². The third kappa shape index (κ3) is 2.58. The van der Waals surface area contributed by atoms with Crippen molar-refractivity contribution in [2.75, 3.05) is 7.11 Å². The van der Waals surface area contributed by atoms with Crippen molar-refractivity contribution in [3.05, 3.63) is 59.3 Å². The number of halogens is 1. The van der Waals surface area contributed by atoms with Gasteiger partial charge in [0.2, 0.25) is 0 Å². The standard InChI is InChI=1S/C16H13ClO3/c1-18-11-5-7-12(8-6-11)19-10-13-9-14-15(17)3-2-4-16(14)20-13/h2-9H,10H2,1H3. The second-order valence-corrected chi connectivity index (χ2v) is 4.74. The molecule has 0 N–H and O–H groups in total. The molecule has 3 rings (SSSR count). The average molecular weight is 289 g/mol. The summed E-state index contributed by atoms with van der Waals surface area (Å²) < 4.78 is 16.4. The van der Waals surface area contributed by atoms with E-state index in [2.05, 4.69) is 0 Å². The average Bonchev–Trinajstić information content (AvgIpc) is 2.90. The molecule has 0 aliphatic rings. The molecule has 3 aromatic rings. The van der Waals surface area contributed by atoms with Crippen molar-refractivity contribution in [3.63, 3.8) is 0 Å². The van der Waals surface area contributed by atoms with E-state index in [4.69, 9.17) is 25.5 Å². The Hall–Kier alpha value is -2.13. The first-order valence-electron chi connectivity index (χ1n) is 6.20. The highest BCUT2D eigenvalue weighted by molar-refractivity contribution is 6.35. The van der Waals surface area contributed by atoms with E-state index in [0.29, 0.717) is 11.6 Å². The number of furan rings is 1. The van der Waals surface area contributed by atoms with Gasteiger partial charge in [0.1, 0.15) is 29.4 Å². The SMILES string of the molecule is COc1ccc(OCc2cc3c(Cl)cccc3o2)cc1. The predicted molar refractivity (Wildman–Crippen MR) is 78.6 cm³/mol. The Bertz CT molecular complexity index is 716. The Kier molecular flexibility index (Phi) is 3.52. The van der Waals surface area contributed by atoms with Crippen LogP contribution in [0.3, 0.4) is 0 Å². The van der Waals surface area contributed by atoms with E-state index in [9.17, 15) is 0 Å². The van der Waals surface area contributed by atoms with E-state index in [1.165, 1.54) is 0 Å². The Morgan fingerprint density at radius 2 is 1.80 bits per heavy atom. The van der Waals surface area contributed by atoms with Gasteiger partial charge in [-0.15, -0.1) is 0 Å². The van der Waals surface area contributed by atoms with Crippen molar-refractivity contribution in [2.45, 2.75) is 6.61 Å². The fourth-order valence-corrected chi connectivity index (χ4v) is 2.20. The van der Waals surface area contributed by atoms with Crippen LogP contribution >= 0.6 is 11.6 Å². The molecule has 0 bridgehead atoms. The lowest BCUT2D eigenvalue weighted by Gasteiger charge is -2.05. The molecular weight excluding hydrogens is 276 g/mol. The van der Waals surface area contributed by atoms with Gasteiger partial charge in [0, 0.05) is 5.39 Å². The van der Waals surface area contributed by atoms with Crippen molar-refractivity contribution in [3.8, 4) is 11.5 Å². The normalized spacial score (nSPS) is 10.7. The Balaban J connectivity index is 1.74. The summed E-state index contributed by atoms with van der Waals surface area (Å²) in [5.74, 6) is 2.30. The molecule has 2 aromatic carbocycles. The first kappa shape index (κ1) is 12.9. The molecule has 0 fully saturated rings. The van der Waals surface area contributed by atoms with E-state index in [0.717, 1.165) is 28.2 Å². The number of ether oxygens (including phenoxy) is 2. The highest BCUT2D eigenvalue weighted by atomic mass is 35.5. The minimum absolute atomic E-state index is 0.358. The predicted octanol–water partition coefficient (Wildman–Crippen LogP) is 4.67. The molecule has 3 nitrogen and oxygen atoms in total. The molecule has 0 radical (unpaired) electrons. The second kappa shape index (κ2) is 5.47. The van der Waals surface area contributed by atoms with Gasteiger partial charge in [-0.3, -0.25) is 0 Å². The lowest BCUT2D eigenvalue weighted by atomic mass is 10.2. The maximum absolute atomic E-state index is 6.11. The highest BCUT2D eigenvalue weighted by Crippen LogP contribution is 2.27. The quantitative estimate of drug-likeness (QED) is 0.699. The molecule has 0 amide bonds. The molecule has 0 spiro atoms. The number of rotatable bonds is 4. The monoisotopic (exact) mass is 288 g/mol. The fourth-order valence-electron chi connectivity index (χ4n) is 1.98. The summed E-state index contributed by atoms with van der Waals surface area (Å²) in [5, 5.41) is 1.59.